The zero-order valence-corrected chi connectivity index (χ0v) is 15.7. The molecule has 0 aromatic heterocycles. The average molecular weight is 403 g/mol. The number of hydrazine groups is 1. The van der Waals surface area contributed by atoms with Crippen molar-refractivity contribution in [3.63, 3.8) is 0 Å². The van der Waals surface area contributed by atoms with Crippen LogP contribution >= 0.6 is 0 Å². The molecule has 2 aromatic rings. The molecule has 0 aliphatic carbocycles. The lowest BCUT2D eigenvalue weighted by Crippen LogP contribution is -2.47. The van der Waals surface area contributed by atoms with E-state index in [1.807, 2.05) is 10.9 Å². The highest BCUT2D eigenvalue weighted by molar-refractivity contribution is 7.89. The van der Waals surface area contributed by atoms with E-state index in [-0.39, 0.29) is 4.90 Å². The normalized spacial score (nSPS) is 13.9. The molecule has 2 aromatic carbocycles. The third-order valence-electron chi connectivity index (χ3n) is 3.80. The van der Waals surface area contributed by atoms with E-state index in [0.29, 0.717) is 36.0 Å². The number of nitrogens with one attached hydrogen (secondary N) is 2. The molecule has 0 saturated carbocycles. The van der Waals surface area contributed by atoms with E-state index in [2.05, 4.69) is 5.43 Å². The second kappa shape index (κ2) is 8.16. The Hall–Kier alpha value is -3.29. The molecule has 146 valence electrons. The summed E-state index contributed by atoms with van der Waals surface area (Å²) in [5.41, 5.74) is 2.57. The van der Waals surface area contributed by atoms with Gasteiger partial charge in [-0.25, -0.2) is 8.42 Å². The fourth-order valence-corrected chi connectivity index (χ4v) is 3.20. The first-order chi connectivity index (χ1) is 13.4. The number of amides is 1. The predicted molar refractivity (Wildman–Crippen MR) is 97.1 cm³/mol. The summed E-state index contributed by atoms with van der Waals surface area (Å²) in [5.74, 6) is 0.457. The van der Waals surface area contributed by atoms with Gasteiger partial charge >= 0.3 is 0 Å². The molecule has 1 amide bonds. The predicted octanol–water partition coefficient (Wildman–Crippen LogP) is 1.11. The third kappa shape index (κ3) is 4.51. The van der Waals surface area contributed by atoms with Gasteiger partial charge in [-0.1, -0.05) is 0 Å². The Labute approximate surface area is 161 Å². The van der Waals surface area contributed by atoms with Gasteiger partial charge < -0.3 is 14.2 Å². The van der Waals surface area contributed by atoms with Crippen LogP contribution in [0.2, 0.25) is 0 Å². The van der Waals surface area contributed by atoms with Crippen molar-refractivity contribution < 1.29 is 27.4 Å². The van der Waals surface area contributed by atoms with Crippen LogP contribution in [0.1, 0.15) is 12.5 Å². The van der Waals surface area contributed by atoms with Crippen molar-refractivity contribution in [2.24, 2.45) is 0 Å². The fourth-order valence-electron chi connectivity index (χ4n) is 2.33. The van der Waals surface area contributed by atoms with Crippen LogP contribution < -0.4 is 24.5 Å². The van der Waals surface area contributed by atoms with Crippen molar-refractivity contribution in [2.45, 2.75) is 17.9 Å². The molecule has 1 aliphatic rings. The zero-order valence-electron chi connectivity index (χ0n) is 14.8. The Morgan fingerprint density at radius 1 is 1.14 bits per heavy atom. The number of fused-ring (bicyclic) bond motifs is 1. The Bertz CT molecular complexity index is 1010. The summed E-state index contributed by atoms with van der Waals surface area (Å²) in [5, 5.41) is 8.77. The summed E-state index contributed by atoms with van der Waals surface area (Å²) in [6, 6.07) is 12.3. The Morgan fingerprint density at radius 3 is 2.50 bits per heavy atom. The van der Waals surface area contributed by atoms with Crippen molar-refractivity contribution in [3.8, 4) is 23.3 Å². The molecule has 1 aliphatic heterocycles. The third-order valence-corrected chi connectivity index (χ3v) is 5.04. The van der Waals surface area contributed by atoms with Crippen molar-refractivity contribution >= 4 is 15.9 Å². The maximum absolute atomic E-state index is 12.4. The maximum Gasteiger partial charge on any atom is 0.275 e. The van der Waals surface area contributed by atoms with Crippen LogP contribution in [-0.4, -0.2) is 33.6 Å². The molecule has 0 spiro atoms. The van der Waals surface area contributed by atoms with Crippen LogP contribution in [0.25, 0.3) is 0 Å². The van der Waals surface area contributed by atoms with Gasteiger partial charge in [0, 0.05) is 6.07 Å². The molecule has 2 N–H and O–H groups in total. The molecule has 10 heteroatoms. The number of hydrogen-bond acceptors (Lipinski definition) is 7. The van der Waals surface area contributed by atoms with E-state index < -0.39 is 22.0 Å². The lowest BCUT2D eigenvalue weighted by molar-refractivity contribution is -0.127. The molecule has 0 radical (unpaired) electrons. The van der Waals surface area contributed by atoms with Gasteiger partial charge in [-0.2, -0.15) is 5.26 Å². The summed E-state index contributed by atoms with van der Waals surface area (Å²) in [6.07, 6.45) is -0.976. The second-order valence-corrected chi connectivity index (χ2v) is 7.48. The maximum atomic E-state index is 12.4. The number of carbonyl (C=O) groups excluding carboxylic acids is 1. The molecule has 3 rings (SSSR count). The van der Waals surface area contributed by atoms with E-state index in [1.165, 1.54) is 25.1 Å². The molecule has 0 fully saturated rings. The molecule has 0 unspecified atom stereocenters. The lowest BCUT2D eigenvalue weighted by atomic mass is 10.2. The summed E-state index contributed by atoms with van der Waals surface area (Å²) in [6.45, 7) is 2.18. The number of hydrogen-bond donors (Lipinski definition) is 2. The van der Waals surface area contributed by atoms with Crippen LogP contribution in [0, 0.1) is 11.3 Å². The van der Waals surface area contributed by atoms with Gasteiger partial charge in [0.1, 0.15) is 19.0 Å². The highest BCUT2D eigenvalue weighted by Gasteiger charge is 2.22. The lowest BCUT2D eigenvalue weighted by Gasteiger charge is -2.19. The summed E-state index contributed by atoms with van der Waals surface area (Å²) < 4.78 is 40.9. The molecule has 0 saturated heterocycles. The van der Waals surface area contributed by atoms with Gasteiger partial charge in [-0.15, -0.1) is 4.83 Å². The molecule has 28 heavy (non-hydrogen) atoms. The van der Waals surface area contributed by atoms with Crippen molar-refractivity contribution in [1.29, 1.82) is 5.26 Å². The first-order valence-electron chi connectivity index (χ1n) is 8.27. The summed E-state index contributed by atoms with van der Waals surface area (Å²) in [7, 11) is -4.01. The van der Waals surface area contributed by atoms with Gasteiger partial charge in [-0.05, 0) is 43.3 Å². The number of rotatable bonds is 6. The van der Waals surface area contributed by atoms with Crippen molar-refractivity contribution in [2.75, 3.05) is 13.2 Å². The van der Waals surface area contributed by atoms with Crippen LogP contribution in [0.15, 0.2) is 47.4 Å². The van der Waals surface area contributed by atoms with Crippen molar-refractivity contribution in [1.82, 2.24) is 10.3 Å². The van der Waals surface area contributed by atoms with E-state index in [4.69, 9.17) is 19.5 Å². The summed E-state index contributed by atoms with van der Waals surface area (Å²) in [4.78, 5) is 14.1. The largest absolute Gasteiger partial charge is 0.486 e. The van der Waals surface area contributed by atoms with Gasteiger partial charge in [0.25, 0.3) is 15.9 Å². The highest BCUT2D eigenvalue weighted by atomic mass is 32.2. The van der Waals surface area contributed by atoms with E-state index in [9.17, 15) is 13.2 Å². The van der Waals surface area contributed by atoms with Gasteiger partial charge in [0.2, 0.25) is 0 Å². The molecule has 9 nitrogen and oxygen atoms in total. The quantitative estimate of drug-likeness (QED) is 0.692. The van der Waals surface area contributed by atoms with Gasteiger partial charge in [0.15, 0.2) is 17.6 Å². The average Bonchev–Trinajstić information content (AvgIpc) is 2.72. The minimum Gasteiger partial charge on any atom is -0.486 e. The SMILES string of the molecule is C[C@@H](Oc1ccc(C#N)cc1)C(=O)NNS(=O)(=O)c1ccc2c(c1)OCCO2. The van der Waals surface area contributed by atoms with Crippen LogP contribution in [-0.2, 0) is 14.8 Å². The molecular formula is C18H17N3O6S. The van der Waals surface area contributed by atoms with E-state index in [0.717, 1.165) is 0 Å². The number of carbonyl (C=O) groups is 1. The number of ether oxygens (including phenoxy) is 3. The second-order valence-electron chi connectivity index (χ2n) is 5.80. The topological polar surface area (TPSA) is 127 Å². The number of nitriles is 1. The Morgan fingerprint density at radius 2 is 1.82 bits per heavy atom. The minimum absolute atomic E-state index is 0.0855. The van der Waals surface area contributed by atoms with Crippen LogP contribution in [0.5, 0.6) is 17.2 Å². The molecule has 1 heterocycles. The molecule has 1 atom stereocenters. The number of benzene rings is 2. The Balaban J connectivity index is 1.60. The van der Waals surface area contributed by atoms with Crippen molar-refractivity contribution in [3.05, 3.63) is 48.0 Å². The monoisotopic (exact) mass is 403 g/mol. The number of sulfonamides is 1. The molecule has 0 bridgehead atoms. The number of nitrogens with zero attached hydrogens (tertiary/aromatic N) is 1. The fraction of sp³-hybridized carbons (Fsp3) is 0.222. The molecular weight excluding hydrogens is 386 g/mol. The van der Waals surface area contributed by atoms with Gasteiger partial charge in [0.05, 0.1) is 16.5 Å². The Kier molecular flexibility index (Phi) is 5.67. The van der Waals surface area contributed by atoms with Gasteiger partial charge in [-0.3, -0.25) is 10.2 Å². The standard InChI is InChI=1S/C18H17N3O6S/c1-12(27-14-4-2-13(11-19)3-5-14)18(22)20-21-28(23,24)15-6-7-16-17(10-15)26-9-8-25-16/h2-7,10,12,21H,8-9H2,1H3,(H,20,22)/t12-/m1/s1. The van der Waals surface area contributed by atoms with Crippen LogP contribution in [0.4, 0.5) is 0 Å². The summed E-state index contributed by atoms with van der Waals surface area (Å²) >= 11 is 0. The van der Waals surface area contributed by atoms with Crippen LogP contribution in [0.3, 0.4) is 0 Å². The smallest absolute Gasteiger partial charge is 0.275 e. The van der Waals surface area contributed by atoms with E-state index >= 15 is 0 Å². The van der Waals surface area contributed by atoms with E-state index in [1.54, 1.807) is 24.3 Å². The highest BCUT2D eigenvalue weighted by Crippen LogP contribution is 2.32. The first kappa shape index (κ1) is 19.5. The zero-order chi connectivity index (χ0) is 20.1. The minimum atomic E-state index is -4.01. The first-order valence-corrected chi connectivity index (χ1v) is 9.75.